The third-order valence-corrected chi connectivity index (χ3v) is 3.85. The molecule has 2 rings (SSSR count). The van der Waals surface area contributed by atoms with Crippen LogP contribution in [0.5, 0.6) is 0 Å². The normalized spacial score (nSPS) is 10.8. The number of halogens is 2. The van der Waals surface area contributed by atoms with Crippen LogP contribution < -0.4 is 16.4 Å². The zero-order chi connectivity index (χ0) is 17.5. The minimum absolute atomic E-state index is 0.0575. The van der Waals surface area contributed by atoms with Crippen molar-refractivity contribution in [1.29, 1.82) is 5.26 Å². The Bertz CT molecular complexity index is 830. The molecule has 1 amide bonds. The van der Waals surface area contributed by atoms with Crippen LogP contribution in [0.2, 0.25) is 5.02 Å². The van der Waals surface area contributed by atoms with Gasteiger partial charge < -0.3 is 16.4 Å². The van der Waals surface area contributed by atoms with Gasteiger partial charge in [0, 0.05) is 22.9 Å². The average Bonchev–Trinajstić information content (AvgIpc) is 2.54. The predicted octanol–water partition coefficient (Wildman–Crippen LogP) is 3.82. The molecule has 0 saturated heterocycles. The summed E-state index contributed by atoms with van der Waals surface area (Å²) in [5.74, 6) is -0.550. The molecule has 0 atom stereocenters. The number of rotatable bonds is 5. The first-order valence-corrected chi connectivity index (χ1v) is 8.11. The van der Waals surface area contributed by atoms with Gasteiger partial charge in [-0.15, -0.1) is 0 Å². The van der Waals surface area contributed by atoms with Crippen LogP contribution in [0.15, 0.2) is 58.7 Å². The van der Waals surface area contributed by atoms with Crippen molar-refractivity contribution in [1.82, 2.24) is 5.32 Å². The van der Waals surface area contributed by atoms with Gasteiger partial charge in [-0.1, -0.05) is 39.7 Å². The summed E-state index contributed by atoms with van der Waals surface area (Å²) >= 11 is 9.39. The molecular formula is C17H14BrClN4O. The lowest BCUT2D eigenvalue weighted by Gasteiger charge is -2.08. The zero-order valence-corrected chi connectivity index (χ0v) is 14.9. The molecule has 0 aromatic heterocycles. The van der Waals surface area contributed by atoms with Crippen molar-refractivity contribution in [2.45, 2.75) is 6.54 Å². The molecule has 0 aliphatic rings. The smallest absolute Gasteiger partial charge is 0.267 e. The van der Waals surface area contributed by atoms with Crippen molar-refractivity contribution in [3.8, 4) is 6.07 Å². The summed E-state index contributed by atoms with van der Waals surface area (Å²) in [4.78, 5) is 12.1. The number of benzene rings is 2. The van der Waals surface area contributed by atoms with Gasteiger partial charge in [-0.25, -0.2) is 0 Å². The summed E-state index contributed by atoms with van der Waals surface area (Å²) in [7, 11) is 0. The zero-order valence-electron chi connectivity index (χ0n) is 12.5. The van der Waals surface area contributed by atoms with E-state index in [1.165, 1.54) is 12.3 Å². The summed E-state index contributed by atoms with van der Waals surface area (Å²) in [5.41, 5.74) is 7.44. The Hall–Kier alpha value is -2.49. The minimum Gasteiger partial charge on any atom is -0.399 e. The van der Waals surface area contributed by atoms with E-state index in [2.05, 4.69) is 26.6 Å². The monoisotopic (exact) mass is 404 g/mol. The third-order valence-electron chi connectivity index (χ3n) is 3.05. The van der Waals surface area contributed by atoms with Crippen molar-refractivity contribution in [3.05, 3.63) is 69.3 Å². The highest BCUT2D eigenvalue weighted by Gasteiger charge is 2.11. The third kappa shape index (κ3) is 5.01. The van der Waals surface area contributed by atoms with Crippen molar-refractivity contribution < 1.29 is 4.79 Å². The van der Waals surface area contributed by atoms with Gasteiger partial charge in [-0.05, 0) is 35.9 Å². The van der Waals surface area contributed by atoms with E-state index in [9.17, 15) is 4.79 Å². The van der Waals surface area contributed by atoms with E-state index in [1.54, 1.807) is 12.1 Å². The van der Waals surface area contributed by atoms with E-state index in [0.29, 0.717) is 22.9 Å². The van der Waals surface area contributed by atoms with E-state index in [-0.39, 0.29) is 5.57 Å². The maximum Gasteiger partial charge on any atom is 0.267 e. The number of carbonyl (C=O) groups excluding carboxylic acids is 1. The number of nitrogens with zero attached hydrogens (tertiary/aromatic N) is 1. The molecule has 7 heteroatoms. The highest BCUT2D eigenvalue weighted by atomic mass is 79.9. The van der Waals surface area contributed by atoms with Gasteiger partial charge in [0.1, 0.15) is 11.6 Å². The number of nitrogens with one attached hydrogen (secondary N) is 2. The second-order valence-electron chi connectivity index (χ2n) is 4.87. The molecule has 2 aromatic rings. The van der Waals surface area contributed by atoms with E-state index in [4.69, 9.17) is 22.6 Å². The largest absolute Gasteiger partial charge is 0.399 e. The van der Waals surface area contributed by atoms with Gasteiger partial charge in [0.05, 0.1) is 10.7 Å². The molecule has 4 N–H and O–H groups in total. The minimum atomic E-state index is -0.550. The topological polar surface area (TPSA) is 90.9 Å². The molecule has 0 aliphatic heterocycles. The maximum atomic E-state index is 12.1. The fourth-order valence-corrected chi connectivity index (χ4v) is 2.57. The number of anilines is 2. The molecule has 0 spiro atoms. The lowest BCUT2D eigenvalue weighted by atomic mass is 10.2. The van der Waals surface area contributed by atoms with Crippen LogP contribution in [0.4, 0.5) is 11.4 Å². The summed E-state index contributed by atoms with van der Waals surface area (Å²) in [6, 6.07) is 14.3. The number of hydrogen-bond donors (Lipinski definition) is 3. The van der Waals surface area contributed by atoms with Crippen LogP contribution in [-0.4, -0.2) is 5.91 Å². The van der Waals surface area contributed by atoms with Crippen molar-refractivity contribution in [2.24, 2.45) is 0 Å². The van der Waals surface area contributed by atoms with Crippen LogP contribution in [0.3, 0.4) is 0 Å². The van der Waals surface area contributed by atoms with Crippen LogP contribution in [0.25, 0.3) is 0 Å². The quantitative estimate of drug-likeness (QED) is 0.401. The standard InChI is InChI=1S/C17H14BrClN4O/c18-13-3-1-2-11(6-13)9-22-10-12(8-20)17(24)23-16-5-4-14(21)7-15(16)19/h1-7,10,22H,9,21H2,(H,23,24)/b12-10-. The molecule has 0 heterocycles. The number of nitriles is 1. The lowest BCUT2D eigenvalue weighted by Crippen LogP contribution is -2.17. The van der Waals surface area contributed by atoms with Crippen LogP contribution in [0.1, 0.15) is 5.56 Å². The summed E-state index contributed by atoms with van der Waals surface area (Å²) in [6.07, 6.45) is 1.38. The van der Waals surface area contributed by atoms with Crippen LogP contribution >= 0.6 is 27.5 Å². The summed E-state index contributed by atoms with van der Waals surface area (Å²) < 4.78 is 0.960. The van der Waals surface area contributed by atoms with Gasteiger partial charge in [-0.2, -0.15) is 5.26 Å². The maximum absolute atomic E-state index is 12.1. The van der Waals surface area contributed by atoms with Gasteiger partial charge in [0.15, 0.2) is 0 Å². The SMILES string of the molecule is N#C/C(=C/NCc1cccc(Br)c1)C(=O)Nc1ccc(N)cc1Cl. The number of nitrogens with two attached hydrogens (primary N) is 1. The first-order chi connectivity index (χ1) is 11.5. The summed E-state index contributed by atoms with van der Waals surface area (Å²) in [6.45, 7) is 0.487. The second-order valence-corrected chi connectivity index (χ2v) is 6.20. The first kappa shape index (κ1) is 17.9. The number of carbonyl (C=O) groups is 1. The highest BCUT2D eigenvalue weighted by molar-refractivity contribution is 9.10. The molecule has 0 radical (unpaired) electrons. The van der Waals surface area contributed by atoms with Crippen LogP contribution in [-0.2, 0) is 11.3 Å². The molecule has 0 saturated carbocycles. The Morgan fingerprint density at radius 2 is 2.12 bits per heavy atom. The van der Waals surface area contributed by atoms with E-state index in [0.717, 1.165) is 10.0 Å². The van der Waals surface area contributed by atoms with Crippen molar-refractivity contribution in [2.75, 3.05) is 11.1 Å². The fraction of sp³-hybridized carbons (Fsp3) is 0.0588. The Morgan fingerprint density at radius 3 is 2.79 bits per heavy atom. The lowest BCUT2D eigenvalue weighted by molar-refractivity contribution is -0.112. The van der Waals surface area contributed by atoms with Crippen molar-refractivity contribution in [3.63, 3.8) is 0 Å². The average molecular weight is 406 g/mol. The molecule has 2 aromatic carbocycles. The highest BCUT2D eigenvalue weighted by Crippen LogP contribution is 2.24. The van der Waals surface area contributed by atoms with Crippen LogP contribution in [0, 0.1) is 11.3 Å². The van der Waals surface area contributed by atoms with E-state index in [1.807, 2.05) is 30.3 Å². The van der Waals surface area contributed by atoms with Crippen molar-refractivity contribution >= 4 is 44.8 Å². The molecule has 5 nitrogen and oxygen atoms in total. The molecule has 0 fully saturated rings. The number of hydrogen-bond acceptors (Lipinski definition) is 4. The van der Waals surface area contributed by atoms with Gasteiger partial charge in [0.2, 0.25) is 0 Å². The number of amides is 1. The molecule has 0 unspecified atom stereocenters. The van der Waals surface area contributed by atoms with E-state index >= 15 is 0 Å². The molecule has 122 valence electrons. The predicted molar refractivity (Wildman–Crippen MR) is 99.2 cm³/mol. The first-order valence-electron chi connectivity index (χ1n) is 6.94. The second kappa shape index (κ2) is 8.39. The Labute approximate surface area is 153 Å². The molecule has 0 aliphatic carbocycles. The van der Waals surface area contributed by atoms with Gasteiger partial charge >= 0.3 is 0 Å². The van der Waals surface area contributed by atoms with E-state index < -0.39 is 5.91 Å². The Balaban J connectivity index is 2.01. The summed E-state index contributed by atoms with van der Waals surface area (Å²) in [5, 5.41) is 15.0. The van der Waals surface area contributed by atoms with Gasteiger partial charge in [0.25, 0.3) is 5.91 Å². The van der Waals surface area contributed by atoms with Gasteiger partial charge in [-0.3, -0.25) is 4.79 Å². The Kier molecular flexibility index (Phi) is 6.24. The number of nitrogen functional groups attached to an aromatic ring is 1. The fourth-order valence-electron chi connectivity index (χ4n) is 1.89. The molecular weight excluding hydrogens is 392 g/mol. The molecule has 0 bridgehead atoms. The molecule has 24 heavy (non-hydrogen) atoms. The Morgan fingerprint density at radius 1 is 1.33 bits per heavy atom.